The minimum atomic E-state index is -0.454. The molecule has 6 nitrogen and oxygen atoms in total. The van der Waals surface area contributed by atoms with Crippen LogP contribution in [0.1, 0.15) is 19.8 Å². The van der Waals surface area contributed by atoms with Crippen molar-refractivity contribution in [3.63, 3.8) is 0 Å². The first-order chi connectivity index (χ1) is 13.0. The topological polar surface area (TPSA) is 70.7 Å². The molecular formula is C20H22ClN3O3. The SMILES string of the molecule is COc1ccc(NC(=O)[C@@H](C)Nc2ccc(N3CCCC3=O)cc2)cc1Cl. The van der Waals surface area contributed by atoms with Crippen LogP contribution in [0.3, 0.4) is 0 Å². The fraction of sp³-hybridized carbons (Fsp3) is 0.300. The summed E-state index contributed by atoms with van der Waals surface area (Å²) < 4.78 is 5.10. The van der Waals surface area contributed by atoms with E-state index in [4.69, 9.17) is 16.3 Å². The molecule has 7 heteroatoms. The largest absolute Gasteiger partial charge is 0.495 e. The second-order valence-corrected chi connectivity index (χ2v) is 6.81. The Labute approximate surface area is 163 Å². The van der Waals surface area contributed by atoms with Gasteiger partial charge in [0.1, 0.15) is 11.8 Å². The van der Waals surface area contributed by atoms with Gasteiger partial charge in [-0.05, 0) is 55.8 Å². The van der Waals surface area contributed by atoms with Gasteiger partial charge in [0, 0.05) is 30.0 Å². The zero-order valence-electron chi connectivity index (χ0n) is 15.3. The van der Waals surface area contributed by atoms with Crippen LogP contribution in [0.4, 0.5) is 17.1 Å². The molecule has 2 amide bonds. The van der Waals surface area contributed by atoms with Crippen LogP contribution in [0.2, 0.25) is 5.02 Å². The van der Waals surface area contributed by atoms with Crippen molar-refractivity contribution >= 4 is 40.5 Å². The smallest absolute Gasteiger partial charge is 0.246 e. The van der Waals surface area contributed by atoms with Crippen LogP contribution in [0.25, 0.3) is 0 Å². The summed E-state index contributed by atoms with van der Waals surface area (Å²) in [6.45, 7) is 2.53. The number of carbonyl (C=O) groups excluding carboxylic acids is 2. The molecule has 1 heterocycles. The molecule has 1 fully saturated rings. The van der Waals surface area contributed by atoms with Gasteiger partial charge in [0.2, 0.25) is 11.8 Å². The van der Waals surface area contributed by atoms with Gasteiger partial charge in [0.15, 0.2) is 0 Å². The summed E-state index contributed by atoms with van der Waals surface area (Å²) in [6, 6.07) is 12.1. The van der Waals surface area contributed by atoms with E-state index < -0.39 is 6.04 Å². The molecular weight excluding hydrogens is 366 g/mol. The van der Waals surface area contributed by atoms with E-state index in [0.29, 0.717) is 22.9 Å². The summed E-state index contributed by atoms with van der Waals surface area (Å²) >= 11 is 6.08. The minimum absolute atomic E-state index is 0.154. The molecule has 2 aromatic rings. The van der Waals surface area contributed by atoms with Crippen molar-refractivity contribution < 1.29 is 14.3 Å². The number of anilines is 3. The third kappa shape index (κ3) is 4.52. The number of halogens is 1. The Bertz CT molecular complexity index is 839. The predicted molar refractivity (Wildman–Crippen MR) is 108 cm³/mol. The highest BCUT2D eigenvalue weighted by molar-refractivity contribution is 6.32. The monoisotopic (exact) mass is 387 g/mol. The molecule has 2 aromatic carbocycles. The molecule has 1 atom stereocenters. The van der Waals surface area contributed by atoms with Gasteiger partial charge < -0.3 is 20.3 Å². The molecule has 0 unspecified atom stereocenters. The molecule has 0 spiro atoms. The highest BCUT2D eigenvalue weighted by Crippen LogP contribution is 2.27. The zero-order valence-corrected chi connectivity index (χ0v) is 16.0. The number of hydrogen-bond acceptors (Lipinski definition) is 4. The summed E-state index contributed by atoms with van der Waals surface area (Å²) in [5.41, 5.74) is 2.29. The van der Waals surface area contributed by atoms with Crippen molar-refractivity contribution in [3.8, 4) is 5.75 Å². The molecule has 0 bridgehead atoms. The predicted octanol–water partition coefficient (Wildman–Crippen LogP) is 3.91. The number of carbonyl (C=O) groups is 2. The summed E-state index contributed by atoms with van der Waals surface area (Å²) in [6.07, 6.45) is 1.50. The first-order valence-electron chi connectivity index (χ1n) is 8.79. The Kier molecular flexibility index (Phi) is 5.86. The Morgan fingerprint density at radius 1 is 1.19 bits per heavy atom. The number of ether oxygens (including phenoxy) is 1. The number of rotatable bonds is 6. The molecule has 142 valence electrons. The maximum Gasteiger partial charge on any atom is 0.246 e. The zero-order chi connectivity index (χ0) is 19.4. The molecule has 1 saturated heterocycles. The molecule has 1 aliphatic heterocycles. The second kappa shape index (κ2) is 8.31. The lowest BCUT2D eigenvalue weighted by Crippen LogP contribution is -2.31. The van der Waals surface area contributed by atoms with Gasteiger partial charge in [0.25, 0.3) is 0 Å². The number of nitrogens with one attached hydrogen (secondary N) is 2. The highest BCUT2D eigenvalue weighted by atomic mass is 35.5. The van der Waals surface area contributed by atoms with Crippen molar-refractivity contribution in [2.75, 3.05) is 29.2 Å². The first-order valence-corrected chi connectivity index (χ1v) is 9.17. The van der Waals surface area contributed by atoms with Crippen molar-refractivity contribution in [2.45, 2.75) is 25.8 Å². The maximum absolute atomic E-state index is 12.4. The number of benzene rings is 2. The van der Waals surface area contributed by atoms with Crippen molar-refractivity contribution in [1.29, 1.82) is 0 Å². The van der Waals surface area contributed by atoms with Gasteiger partial charge in [0.05, 0.1) is 12.1 Å². The van der Waals surface area contributed by atoms with Crippen LogP contribution < -0.4 is 20.3 Å². The normalized spacial score (nSPS) is 14.8. The minimum Gasteiger partial charge on any atom is -0.495 e. The second-order valence-electron chi connectivity index (χ2n) is 6.40. The lowest BCUT2D eigenvalue weighted by atomic mass is 10.2. The number of nitrogens with zero attached hydrogens (tertiary/aromatic N) is 1. The molecule has 0 aliphatic carbocycles. The Hall–Kier alpha value is -2.73. The molecule has 27 heavy (non-hydrogen) atoms. The van der Waals surface area contributed by atoms with Gasteiger partial charge in [-0.15, -0.1) is 0 Å². The fourth-order valence-corrected chi connectivity index (χ4v) is 3.23. The van der Waals surface area contributed by atoms with Gasteiger partial charge in [-0.1, -0.05) is 11.6 Å². The van der Waals surface area contributed by atoms with E-state index in [0.717, 1.165) is 24.3 Å². The number of hydrogen-bond donors (Lipinski definition) is 2. The molecule has 1 aliphatic rings. The number of methoxy groups -OCH3 is 1. The molecule has 0 aromatic heterocycles. The summed E-state index contributed by atoms with van der Waals surface area (Å²) in [5, 5.41) is 6.41. The molecule has 3 rings (SSSR count). The van der Waals surface area contributed by atoms with Crippen LogP contribution in [0.15, 0.2) is 42.5 Å². The van der Waals surface area contributed by atoms with Gasteiger partial charge in [-0.3, -0.25) is 9.59 Å². The van der Waals surface area contributed by atoms with Gasteiger partial charge in [-0.25, -0.2) is 0 Å². The third-order valence-electron chi connectivity index (χ3n) is 4.45. The van der Waals surface area contributed by atoms with E-state index in [2.05, 4.69) is 10.6 Å². The Morgan fingerprint density at radius 2 is 1.89 bits per heavy atom. The third-order valence-corrected chi connectivity index (χ3v) is 4.74. The van der Waals surface area contributed by atoms with Crippen LogP contribution in [-0.2, 0) is 9.59 Å². The summed E-state index contributed by atoms with van der Waals surface area (Å²) in [4.78, 5) is 26.0. The van der Waals surface area contributed by atoms with E-state index in [9.17, 15) is 9.59 Å². The average Bonchev–Trinajstić information content (AvgIpc) is 3.08. The van der Waals surface area contributed by atoms with Gasteiger partial charge >= 0.3 is 0 Å². The van der Waals surface area contributed by atoms with E-state index >= 15 is 0 Å². The van der Waals surface area contributed by atoms with Crippen LogP contribution in [0.5, 0.6) is 5.75 Å². The fourth-order valence-electron chi connectivity index (χ4n) is 2.97. The van der Waals surface area contributed by atoms with E-state index in [1.165, 1.54) is 7.11 Å². The van der Waals surface area contributed by atoms with E-state index in [1.807, 2.05) is 24.3 Å². The van der Waals surface area contributed by atoms with Gasteiger partial charge in [-0.2, -0.15) is 0 Å². The van der Waals surface area contributed by atoms with Crippen LogP contribution in [0, 0.1) is 0 Å². The molecule has 2 N–H and O–H groups in total. The molecule has 0 radical (unpaired) electrons. The average molecular weight is 388 g/mol. The van der Waals surface area contributed by atoms with Crippen molar-refractivity contribution in [3.05, 3.63) is 47.5 Å². The highest BCUT2D eigenvalue weighted by Gasteiger charge is 2.21. The standard InChI is InChI=1S/C20H22ClN3O3/c1-13(20(26)23-15-7-10-18(27-2)17(21)12-15)22-14-5-8-16(9-6-14)24-11-3-4-19(24)25/h5-10,12-13,22H,3-4,11H2,1-2H3,(H,23,26)/t13-/m1/s1. The number of amides is 2. The summed E-state index contributed by atoms with van der Waals surface area (Å²) in [5.74, 6) is 0.522. The summed E-state index contributed by atoms with van der Waals surface area (Å²) in [7, 11) is 1.54. The van der Waals surface area contributed by atoms with Crippen molar-refractivity contribution in [1.82, 2.24) is 0 Å². The Balaban J connectivity index is 1.59. The lowest BCUT2D eigenvalue weighted by Gasteiger charge is -2.18. The Morgan fingerprint density at radius 3 is 2.48 bits per heavy atom. The van der Waals surface area contributed by atoms with Crippen LogP contribution >= 0.6 is 11.6 Å². The lowest BCUT2D eigenvalue weighted by molar-refractivity contribution is -0.117. The van der Waals surface area contributed by atoms with Crippen LogP contribution in [-0.4, -0.2) is 31.5 Å². The maximum atomic E-state index is 12.4. The first kappa shape index (κ1) is 19.0. The van der Waals surface area contributed by atoms with Crippen molar-refractivity contribution in [2.24, 2.45) is 0 Å². The van der Waals surface area contributed by atoms with E-state index in [-0.39, 0.29) is 11.8 Å². The molecule has 0 saturated carbocycles. The quantitative estimate of drug-likeness (QED) is 0.788. The van der Waals surface area contributed by atoms with E-state index in [1.54, 1.807) is 30.0 Å².